The number of nitriles is 1. The van der Waals surface area contributed by atoms with E-state index in [9.17, 15) is 4.79 Å². The van der Waals surface area contributed by atoms with Crippen molar-refractivity contribution in [1.82, 2.24) is 5.43 Å². The van der Waals surface area contributed by atoms with Crippen LogP contribution in [0.4, 0.5) is 0 Å². The molecule has 0 aliphatic heterocycles. The zero-order chi connectivity index (χ0) is 13.5. The Morgan fingerprint density at radius 2 is 2.32 bits per heavy atom. The van der Waals surface area contributed by atoms with Crippen molar-refractivity contribution < 1.29 is 4.79 Å². The van der Waals surface area contributed by atoms with Gasteiger partial charge < -0.3 is 0 Å². The van der Waals surface area contributed by atoms with E-state index in [4.69, 9.17) is 5.26 Å². The van der Waals surface area contributed by atoms with Gasteiger partial charge in [0.05, 0.1) is 24.3 Å². The Morgan fingerprint density at radius 1 is 1.42 bits per heavy atom. The number of benzene rings is 1. The van der Waals surface area contributed by atoms with Gasteiger partial charge in [0.25, 0.3) is 0 Å². The second kappa shape index (κ2) is 6.47. The van der Waals surface area contributed by atoms with Crippen molar-refractivity contribution >= 4 is 23.5 Å². The van der Waals surface area contributed by atoms with Crippen molar-refractivity contribution in [2.45, 2.75) is 6.42 Å². The number of nitrogens with one attached hydrogen (secondary N) is 1. The molecule has 2 aromatic rings. The third-order valence-corrected chi connectivity index (χ3v) is 3.21. The highest BCUT2D eigenvalue weighted by molar-refractivity contribution is 7.10. The lowest BCUT2D eigenvalue weighted by Crippen LogP contribution is -2.19. The monoisotopic (exact) mass is 269 g/mol. The number of amides is 1. The van der Waals surface area contributed by atoms with Gasteiger partial charge >= 0.3 is 0 Å². The van der Waals surface area contributed by atoms with Crippen LogP contribution >= 0.6 is 11.3 Å². The molecule has 2 rings (SSSR count). The van der Waals surface area contributed by atoms with E-state index in [0.717, 1.165) is 10.4 Å². The molecule has 0 unspecified atom stereocenters. The topological polar surface area (TPSA) is 65.2 Å². The molecular formula is C14H11N3OS. The molecule has 94 valence electrons. The van der Waals surface area contributed by atoms with E-state index in [1.54, 1.807) is 18.2 Å². The first-order valence-electron chi connectivity index (χ1n) is 5.62. The van der Waals surface area contributed by atoms with Crippen molar-refractivity contribution in [3.63, 3.8) is 0 Å². The minimum Gasteiger partial charge on any atom is -0.273 e. The van der Waals surface area contributed by atoms with Gasteiger partial charge in [-0.1, -0.05) is 18.2 Å². The molecule has 1 heterocycles. The molecule has 1 amide bonds. The lowest BCUT2D eigenvalue weighted by atomic mass is 10.1. The highest BCUT2D eigenvalue weighted by atomic mass is 32.1. The van der Waals surface area contributed by atoms with Crippen LogP contribution in [0.25, 0.3) is 0 Å². The Balaban J connectivity index is 1.89. The Bertz CT molecular complexity index is 626. The standard InChI is InChI=1S/C14H11N3OS/c15-9-11-3-1-4-12(7-11)10-16-17-14(18)8-13-5-2-6-19-13/h1-7,10H,8H2,(H,17,18)/b16-10+. The van der Waals surface area contributed by atoms with Crippen LogP contribution in [0.1, 0.15) is 16.0 Å². The second-order valence-electron chi connectivity index (χ2n) is 3.79. The van der Waals surface area contributed by atoms with Crippen LogP contribution < -0.4 is 5.43 Å². The molecule has 0 saturated carbocycles. The summed E-state index contributed by atoms with van der Waals surface area (Å²) in [5.41, 5.74) is 3.80. The fourth-order valence-corrected chi connectivity index (χ4v) is 2.18. The van der Waals surface area contributed by atoms with Crippen LogP contribution in [0.15, 0.2) is 46.9 Å². The number of hydrazone groups is 1. The van der Waals surface area contributed by atoms with Crippen molar-refractivity contribution in [1.29, 1.82) is 5.26 Å². The molecule has 1 N–H and O–H groups in total. The van der Waals surface area contributed by atoms with Crippen molar-refractivity contribution in [3.8, 4) is 6.07 Å². The summed E-state index contributed by atoms with van der Waals surface area (Å²) in [6.07, 6.45) is 1.85. The maximum absolute atomic E-state index is 11.6. The van der Waals surface area contributed by atoms with Gasteiger partial charge in [0.15, 0.2) is 0 Å². The maximum Gasteiger partial charge on any atom is 0.245 e. The van der Waals surface area contributed by atoms with Gasteiger partial charge in [0, 0.05) is 4.88 Å². The Morgan fingerprint density at radius 3 is 3.05 bits per heavy atom. The molecule has 0 aliphatic rings. The molecule has 0 saturated heterocycles. The van der Waals surface area contributed by atoms with Gasteiger partial charge in [-0.05, 0) is 29.1 Å². The normalized spacial score (nSPS) is 10.3. The third kappa shape index (κ3) is 4.05. The third-order valence-electron chi connectivity index (χ3n) is 2.33. The Hall–Kier alpha value is -2.45. The zero-order valence-electron chi connectivity index (χ0n) is 10.0. The van der Waals surface area contributed by atoms with Crippen LogP contribution in [0.5, 0.6) is 0 Å². The molecular weight excluding hydrogens is 258 g/mol. The van der Waals surface area contributed by atoms with E-state index >= 15 is 0 Å². The van der Waals surface area contributed by atoms with Crippen LogP contribution in [-0.2, 0) is 11.2 Å². The molecule has 5 heteroatoms. The molecule has 0 spiro atoms. The second-order valence-corrected chi connectivity index (χ2v) is 4.82. The average Bonchev–Trinajstić information content (AvgIpc) is 2.92. The van der Waals surface area contributed by atoms with E-state index in [2.05, 4.69) is 10.5 Å². The number of rotatable bonds is 4. The quantitative estimate of drug-likeness (QED) is 0.683. The molecule has 0 aliphatic carbocycles. The number of hydrogen-bond donors (Lipinski definition) is 1. The van der Waals surface area contributed by atoms with Gasteiger partial charge in [-0.2, -0.15) is 10.4 Å². The minimum absolute atomic E-state index is 0.157. The van der Waals surface area contributed by atoms with E-state index in [-0.39, 0.29) is 5.91 Å². The van der Waals surface area contributed by atoms with Crippen molar-refractivity contribution in [2.24, 2.45) is 5.10 Å². The molecule has 4 nitrogen and oxygen atoms in total. The summed E-state index contributed by atoms with van der Waals surface area (Å²) in [5.74, 6) is -0.157. The first-order valence-corrected chi connectivity index (χ1v) is 6.50. The molecule has 1 aromatic heterocycles. The number of carbonyl (C=O) groups excluding carboxylic acids is 1. The van der Waals surface area contributed by atoms with Gasteiger partial charge in [-0.15, -0.1) is 11.3 Å². The smallest absolute Gasteiger partial charge is 0.245 e. The number of thiophene rings is 1. The van der Waals surface area contributed by atoms with E-state index in [0.29, 0.717) is 12.0 Å². The maximum atomic E-state index is 11.6. The summed E-state index contributed by atoms with van der Waals surface area (Å²) in [5, 5.41) is 14.6. The van der Waals surface area contributed by atoms with Gasteiger partial charge in [-0.25, -0.2) is 5.43 Å². The molecule has 0 bridgehead atoms. The number of nitrogens with zero attached hydrogens (tertiary/aromatic N) is 2. The molecule has 0 radical (unpaired) electrons. The average molecular weight is 269 g/mol. The largest absolute Gasteiger partial charge is 0.273 e. The first-order chi connectivity index (χ1) is 9.28. The lowest BCUT2D eigenvalue weighted by molar-refractivity contribution is -0.120. The number of carbonyl (C=O) groups is 1. The highest BCUT2D eigenvalue weighted by Gasteiger charge is 2.02. The lowest BCUT2D eigenvalue weighted by Gasteiger charge is -1.97. The zero-order valence-corrected chi connectivity index (χ0v) is 10.9. The van der Waals surface area contributed by atoms with Crippen molar-refractivity contribution in [2.75, 3.05) is 0 Å². The summed E-state index contributed by atoms with van der Waals surface area (Å²) >= 11 is 1.54. The van der Waals surface area contributed by atoms with Crippen LogP contribution in [0.3, 0.4) is 0 Å². The van der Waals surface area contributed by atoms with Gasteiger partial charge in [0.2, 0.25) is 5.91 Å². The highest BCUT2D eigenvalue weighted by Crippen LogP contribution is 2.08. The summed E-state index contributed by atoms with van der Waals surface area (Å²) in [6.45, 7) is 0. The molecule has 1 aromatic carbocycles. The van der Waals surface area contributed by atoms with Crippen molar-refractivity contribution in [3.05, 3.63) is 57.8 Å². The predicted molar refractivity (Wildman–Crippen MR) is 74.9 cm³/mol. The van der Waals surface area contributed by atoms with E-state index in [1.807, 2.05) is 29.6 Å². The summed E-state index contributed by atoms with van der Waals surface area (Å²) in [6, 6.07) is 12.9. The fraction of sp³-hybridized carbons (Fsp3) is 0.0714. The van der Waals surface area contributed by atoms with E-state index in [1.165, 1.54) is 17.6 Å². The summed E-state index contributed by atoms with van der Waals surface area (Å²) in [7, 11) is 0. The molecule has 0 atom stereocenters. The van der Waals surface area contributed by atoms with Crippen LogP contribution in [-0.4, -0.2) is 12.1 Å². The predicted octanol–water partition coefficient (Wildman–Crippen LogP) is 2.31. The fourth-order valence-electron chi connectivity index (χ4n) is 1.48. The summed E-state index contributed by atoms with van der Waals surface area (Å²) in [4.78, 5) is 12.6. The molecule has 0 fully saturated rings. The number of hydrogen-bond acceptors (Lipinski definition) is 4. The van der Waals surface area contributed by atoms with Gasteiger partial charge in [-0.3, -0.25) is 4.79 Å². The minimum atomic E-state index is -0.157. The summed E-state index contributed by atoms with van der Waals surface area (Å²) < 4.78 is 0. The van der Waals surface area contributed by atoms with Gasteiger partial charge in [0.1, 0.15) is 0 Å². The molecule has 19 heavy (non-hydrogen) atoms. The van der Waals surface area contributed by atoms with Crippen LogP contribution in [0, 0.1) is 11.3 Å². The Kier molecular flexibility index (Phi) is 4.43. The first kappa shape index (κ1) is 13.0. The Labute approximate surface area is 115 Å². The van der Waals surface area contributed by atoms with Crippen LogP contribution in [0.2, 0.25) is 0 Å². The SMILES string of the molecule is N#Cc1cccc(/C=N/NC(=O)Cc2cccs2)c1. The van der Waals surface area contributed by atoms with E-state index < -0.39 is 0 Å².